The number of halogens is 1. The molecule has 0 fully saturated rings. The fourth-order valence-corrected chi connectivity index (χ4v) is 3.06. The van der Waals surface area contributed by atoms with Crippen LogP contribution in [0.25, 0.3) is 10.9 Å². The van der Waals surface area contributed by atoms with Gasteiger partial charge in [0, 0.05) is 17.0 Å². The molecule has 29 heavy (non-hydrogen) atoms. The average Bonchev–Trinajstić information content (AvgIpc) is 2.72. The van der Waals surface area contributed by atoms with Gasteiger partial charge in [0.1, 0.15) is 5.56 Å². The van der Waals surface area contributed by atoms with Crippen LogP contribution in [0.1, 0.15) is 40.3 Å². The number of carbonyl (C=O) groups excluding carboxylic acids is 2. The number of nitrogens with one attached hydrogen (secondary N) is 1. The zero-order chi connectivity index (χ0) is 20.8. The van der Waals surface area contributed by atoms with Crippen molar-refractivity contribution >= 4 is 40.1 Å². The molecule has 0 aliphatic rings. The first-order valence-electron chi connectivity index (χ1n) is 9.30. The van der Waals surface area contributed by atoms with Crippen LogP contribution in [0.3, 0.4) is 0 Å². The lowest BCUT2D eigenvalue weighted by Gasteiger charge is -2.17. The number of ether oxygens (including phenoxy) is 2. The van der Waals surface area contributed by atoms with Gasteiger partial charge in [0.15, 0.2) is 5.69 Å². The van der Waals surface area contributed by atoms with E-state index >= 15 is 0 Å². The summed E-state index contributed by atoms with van der Waals surface area (Å²) in [4.78, 5) is 29.7. The highest BCUT2D eigenvalue weighted by molar-refractivity contribution is 6.30. The molecule has 0 aliphatic carbocycles. The monoisotopic (exact) mass is 412 g/mol. The molecular weight excluding hydrogens is 392 g/mol. The number of carbonyl (C=O) groups is 2. The molecule has 0 radical (unpaired) electrons. The molecule has 150 valence electrons. The van der Waals surface area contributed by atoms with E-state index in [1.165, 1.54) is 0 Å². The predicted octanol–water partition coefficient (Wildman–Crippen LogP) is 4.85. The van der Waals surface area contributed by atoms with Crippen molar-refractivity contribution in [1.29, 1.82) is 0 Å². The largest absolute Gasteiger partial charge is 0.462 e. The fraction of sp³-hybridized carbons (Fsp3) is 0.227. The van der Waals surface area contributed by atoms with Crippen molar-refractivity contribution in [2.75, 3.05) is 18.5 Å². The minimum absolute atomic E-state index is 0.0670. The third-order valence-electron chi connectivity index (χ3n) is 4.22. The van der Waals surface area contributed by atoms with Crippen molar-refractivity contribution in [2.24, 2.45) is 0 Å². The Labute approximate surface area is 173 Å². The summed E-state index contributed by atoms with van der Waals surface area (Å²) in [6.07, 6.45) is 0. The van der Waals surface area contributed by atoms with Gasteiger partial charge in [-0.1, -0.05) is 41.9 Å². The van der Waals surface area contributed by atoms with Gasteiger partial charge in [-0.05, 0) is 37.6 Å². The summed E-state index contributed by atoms with van der Waals surface area (Å²) in [6, 6.07) is 14.6. The van der Waals surface area contributed by atoms with Crippen LogP contribution in [0.5, 0.6) is 0 Å². The second-order valence-corrected chi connectivity index (χ2v) is 6.58. The van der Waals surface area contributed by atoms with Crippen molar-refractivity contribution in [3.05, 3.63) is 70.4 Å². The van der Waals surface area contributed by atoms with Crippen molar-refractivity contribution < 1.29 is 19.1 Å². The first-order chi connectivity index (χ1) is 14.0. The molecular formula is C22H21ClN2O4. The lowest BCUT2D eigenvalue weighted by Crippen LogP contribution is -2.19. The van der Waals surface area contributed by atoms with E-state index in [1.54, 1.807) is 32.0 Å². The van der Waals surface area contributed by atoms with Gasteiger partial charge < -0.3 is 14.8 Å². The average molecular weight is 413 g/mol. The molecule has 3 aromatic rings. The van der Waals surface area contributed by atoms with Crippen molar-refractivity contribution in [3.63, 3.8) is 0 Å². The van der Waals surface area contributed by atoms with E-state index in [-0.39, 0.29) is 24.5 Å². The Morgan fingerprint density at radius 1 is 0.966 bits per heavy atom. The van der Waals surface area contributed by atoms with Crippen LogP contribution in [0.15, 0.2) is 48.5 Å². The molecule has 0 saturated carbocycles. The Hall–Kier alpha value is -3.12. The number of pyridine rings is 1. The predicted molar refractivity (Wildman–Crippen MR) is 112 cm³/mol. The van der Waals surface area contributed by atoms with Crippen LogP contribution in [0, 0.1) is 0 Å². The lowest BCUT2D eigenvalue weighted by molar-refractivity contribution is 0.0474. The SMILES string of the molecule is CCOC(=O)c1nc2ccccc2c(NCc2ccc(Cl)cc2)c1C(=O)OCC. The van der Waals surface area contributed by atoms with E-state index in [0.29, 0.717) is 28.2 Å². The lowest BCUT2D eigenvalue weighted by atomic mass is 10.0. The molecule has 0 spiro atoms. The molecule has 3 rings (SSSR count). The molecule has 0 atom stereocenters. The second kappa shape index (κ2) is 9.39. The molecule has 1 aromatic heterocycles. The molecule has 1 N–H and O–H groups in total. The van der Waals surface area contributed by atoms with Crippen LogP contribution < -0.4 is 5.32 Å². The van der Waals surface area contributed by atoms with Crippen LogP contribution in [-0.4, -0.2) is 30.1 Å². The van der Waals surface area contributed by atoms with E-state index in [2.05, 4.69) is 10.3 Å². The van der Waals surface area contributed by atoms with Crippen molar-refractivity contribution in [1.82, 2.24) is 4.98 Å². The molecule has 2 aromatic carbocycles. The number of esters is 2. The number of nitrogens with zero attached hydrogens (tertiary/aromatic N) is 1. The van der Waals surface area contributed by atoms with Crippen LogP contribution in [0.2, 0.25) is 5.02 Å². The second-order valence-electron chi connectivity index (χ2n) is 6.15. The molecule has 6 nitrogen and oxygen atoms in total. The standard InChI is InChI=1S/C22H21ClN2O4/c1-3-28-21(26)18-19(24-13-14-9-11-15(23)12-10-14)16-7-5-6-8-17(16)25-20(18)22(27)29-4-2/h5-12H,3-4,13H2,1-2H3,(H,24,25). The summed E-state index contributed by atoms with van der Waals surface area (Å²) >= 11 is 5.95. The maximum Gasteiger partial charge on any atom is 0.357 e. The third-order valence-corrected chi connectivity index (χ3v) is 4.48. The molecule has 0 amide bonds. The Morgan fingerprint density at radius 3 is 2.31 bits per heavy atom. The zero-order valence-corrected chi connectivity index (χ0v) is 17.0. The number of benzene rings is 2. The van der Waals surface area contributed by atoms with Gasteiger partial charge in [0.05, 0.1) is 24.4 Å². The summed E-state index contributed by atoms with van der Waals surface area (Å²) in [5.41, 5.74) is 2.01. The Kier molecular flexibility index (Phi) is 6.67. The Morgan fingerprint density at radius 2 is 1.62 bits per heavy atom. The molecule has 0 unspecified atom stereocenters. The van der Waals surface area contributed by atoms with Crippen molar-refractivity contribution in [2.45, 2.75) is 20.4 Å². The van der Waals surface area contributed by atoms with Gasteiger partial charge in [0.2, 0.25) is 0 Å². The minimum atomic E-state index is -0.671. The van der Waals surface area contributed by atoms with Crippen LogP contribution >= 0.6 is 11.6 Å². The van der Waals surface area contributed by atoms with Gasteiger partial charge in [-0.15, -0.1) is 0 Å². The Balaban J connectivity index is 2.14. The number of para-hydroxylation sites is 1. The minimum Gasteiger partial charge on any atom is -0.462 e. The molecule has 7 heteroatoms. The van der Waals surface area contributed by atoms with Gasteiger partial charge in [0.25, 0.3) is 0 Å². The highest BCUT2D eigenvalue weighted by Gasteiger charge is 2.27. The molecule has 0 aliphatic heterocycles. The van der Waals surface area contributed by atoms with Crippen LogP contribution in [0.4, 0.5) is 5.69 Å². The molecule has 0 bridgehead atoms. The fourth-order valence-electron chi connectivity index (χ4n) is 2.94. The van der Waals surface area contributed by atoms with Crippen molar-refractivity contribution in [3.8, 4) is 0 Å². The van der Waals surface area contributed by atoms with Gasteiger partial charge in [-0.25, -0.2) is 14.6 Å². The summed E-state index contributed by atoms with van der Waals surface area (Å²) in [7, 11) is 0. The summed E-state index contributed by atoms with van der Waals surface area (Å²) in [5, 5.41) is 4.62. The summed E-state index contributed by atoms with van der Waals surface area (Å²) in [5.74, 6) is -1.30. The van der Waals surface area contributed by atoms with E-state index < -0.39 is 11.9 Å². The number of aromatic nitrogens is 1. The van der Waals surface area contributed by atoms with E-state index in [1.807, 2.05) is 30.3 Å². The number of hydrogen-bond acceptors (Lipinski definition) is 6. The quantitative estimate of drug-likeness (QED) is 0.559. The van der Waals surface area contributed by atoms with Gasteiger partial charge >= 0.3 is 11.9 Å². The molecule has 1 heterocycles. The number of rotatable bonds is 7. The third kappa shape index (κ3) is 4.66. The number of fused-ring (bicyclic) bond motifs is 1. The van der Waals surface area contributed by atoms with Gasteiger partial charge in [-0.3, -0.25) is 0 Å². The maximum atomic E-state index is 12.8. The number of anilines is 1. The van der Waals surface area contributed by atoms with E-state index in [9.17, 15) is 9.59 Å². The van der Waals surface area contributed by atoms with E-state index in [0.717, 1.165) is 5.56 Å². The smallest absolute Gasteiger partial charge is 0.357 e. The van der Waals surface area contributed by atoms with E-state index in [4.69, 9.17) is 21.1 Å². The normalized spacial score (nSPS) is 10.6. The molecule has 0 saturated heterocycles. The topological polar surface area (TPSA) is 77.5 Å². The summed E-state index contributed by atoms with van der Waals surface area (Å²) < 4.78 is 10.3. The van der Waals surface area contributed by atoms with Gasteiger partial charge in [-0.2, -0.15) is 0 Å². The number of hydrogen-bond donors (Lipinski definition) is 1. The zero-order valence-electron chi connectivity index (χ0n) is 16.2. The highest BCUT2D eigenvalue weighted by Crippen LogP contribution is 2.30. The highest BCUT2D eigenvalue weighted by atomic mass is 35.5. The summed E-state index contributed by atoms with van der Waals surface area (Å²) in [6.45, 7) is 4.16. The maximum absolute atomic E-state index is 12.8. The van der Waals surface area contributed by atoms with Crippen LogP contribution in [-0.2, 0) is 16.0 Å². The Bertz CT molecular complexity index is 1030. The first-order valence-corrected chi connectivity index (χ1v) is 9.68. The first kappa shape index (κ1) is 20.6.